The van der Waals surface area contributed by atoms with E-state index in [2.05, 4.69) is 20.3 Å². The number of hydrogen-bond donors (Lipinski definition) is 2. The second kappa shape index (κ2) is 6.31. The summed E-state index contributed by atoms with van der Waals surface area (Å²) in [6.07, 6.45) is 3.68. The first-order chi connectivity index (χ1) is 10.7. The highest BCUT2D eigenvalue weighted by Gasteiger charge is 2.16. The minimum absolute atomic E-state index is 0.297. The van der Waals surface area contributed by atoms with Crippen molar-refractivity contribution in [2.45, 2.75) is 6.42 Å². The molecule has 2 heterocycles. The average Bonchev–Trinajstić information content (AvgIpc) is 2.92. The van der Waals surface area contributed by atoms with Crippen LogP contribution in [-0.4, -0.2) is 20.9 Å². The summed E-state index contributed by atoms with van der Waals surface area (Å²) in [5, 5.41) is 3.64. The molecule has 7 heteroatoms. The molecule has 2 aromatic heterocycles. The van der Waals surface area contributed by atoms with Gasteiger partial charge < -0.3 is 11.1 Å². The van der Waals surface area contributed by atoms with Crippen LogP contribution in [0.2, 0.25) is 0 Å². The van der Waals surface area contributed by atoms with Crippen molar-refractivity contribution in [2.24, 2.45) is 5.73 Å². The smallest absolute Gasteiger partial charge is 0.268 e. The van der Waals surface area contributed by atoms with Gasteiger partial charge in [0.25, 0.3) is 5.91 Å². The second-order valence-corrected chi connectivity index (χ2v) is 5.62. The number of carbonyl (C=O) groups is 1. The maximum Gasteiger partial charge on any atom is 0.268 e. The van der Waals surface area contributed by atoms with E-state index in [0.717, 1.165) is 10.4 Å². The second-order valence-electron chi connectivity index (χ2n) is 4.54. The molecule has 1 aromatic carbocycles. The van der Waals surface area contributed by atoms with Crippen LogP contribution in [0.25, 0.3) is 0 Å². The molecule has 22 heavy (non-hydrogen) atoms. The first-order valence-electron chi connectivity index (χ1n) is 6.59. The SMILES string of the molecule is NC(=O)c1nc(Nc2ccncn2)sc1Cc1ccccc1. The van der Waals surface area contributed by atoms with E-state index >= 15 is 0 Å². The van der Waals surface area contributed by atoms with E-state index < -0.39 is 5.91 Å². The lowest BCUT2D eigenvalue weighted by Gasteiger charge is -1.99. The Hall–Kier alpha value is -2.80. The molecule has 0 aliphatic heterocycles. The average molecular weight is 311 g/mol. The molecule has 0 aliphatic rings. The van der Waals surface area contributed by atoms with Crippen molar-refractivity contribution < 1.29 is 4.79 Å². The van der Waals surface area contributed by atoms with E-state index in [1.165, 1.54) is 17.7 Å². The van der Waals surface area contributed by atoms with Crippen molar-refractivity contribution in [3.05, 3.63) is 65.1 Å². The van der Waals surface area contributed by atoms with Crippen molar-refractivity contribution >= 4 is 28.2 Å². The molecular formula is C15H13N5OS. The van der Waals surface area contributed by atoms with Crippen LogP contribution in [-0.2, 0) is 6.42 Å². The molecule has 110 valence electrons. The fourth-order valence-corrected chi connectivity index (χ4v) is 2.98. The van der Waals surface area contributed by atoms with Crippen molar-refractivity contribution in [1.29, 1.82) is 0 Å². The van der Waals surface area contributed by atoms with Crippen molar-refractivity contribution in [3.8, 4) is 0 Å². The number of carbonyl (C=O) groups excluding carboxylic acids is 1. The van der Waals surface area contributed by atoms with Crippen LogP contribution in [0.5, 0.6) is 0 Å². The highest BCUT2D eigenvalue weighted by molar-refractivity contribution is 7.16. The van der Waals surface area contributed by atoms with Gasteiger partial charge in [-0.3, -0.25) is 4.79 Å². The highest BCUT2D eigenvalue weighted by atomic mass is 32.1. The van der Waals surface area contributed by atoms with Crippen molar-refractivity contribution in [3.63, 3.8) is 0 Å². The van der Waals surface area contributed by atoms with Crippen LogP contribution in [0.4, 0.5) is 10.9 Å². The van der Waals surface area contributed by atoms with Gasteiger partial charge in [-0.15, -0.1) is 11.3 Å². The number of nitrogens with zero attached hydrogens (tertiary/aromatic N) is 3. The summed E-state index contributed by atoms with van der Waals surface area (Å²) in [5.41, 5.74) is 6.82. The number of hydrogen-bond acceptors (Lipinski definition) is 6. The van der Waals surface area contributed by atoms with Crippen LogP contribution in [0.1, 0.15) is 20.9 Å². The third-order valence-corrected chi connectivity index (χ3v) is 3.93. The summed E-state index contributed by atoms with van der Waals surface area (Å²) < 4.78 is 0. The molecule has 6 nitrogen and oxygen atoms in total. The zero-order valence-corrected chi connectivity index (χ0v) is 12.4. The molecule has 1 amide bonds. The number of primary amides is 1. The zero-order chi connectivity index (χ0) is 15.4. The first kappa shape index (κ1) is 14.2. The standard InChI is InChI=1S/C15H13N5OS/c16-14(21)13-11(8-10-4-2-1-3-5-10)22-15(20-13)19-12-6-7-17-9-18-12/h1-7,9H,8H2,(H2,16,21)(H,17,18,19,20). The van der Waals surface area contributed by atoms with Gasteiger partial charge in [0.2, 0.25) is 0 Å². The van der Waals surface area contributed by atoms with Crippen LogP contribution >= 0.6 is 11.3 Å². The molecule has 0 unspecified atom stereocenters. The third-order valence-electron chi connectivity index (χ3n) is 2.96. The van der Waals surface area contributed by atoms with E-state index in [9.17, 15) is 4.79 Å². The van der Waals surface area contributed by atoms with Crippen molar-refractivity contribution in [2.75, 3.05) is 5.32 Å². The molecular weight excluding hydrogens is 298 g/mol. The van der Waals surface area contributed by atoms with E-state index in [-0.39, 0.29) is 0 Å². The van der Waals surface area contributed by atoms with Gasteiger partial charge in [0.15, 0.2) is 5.13 Å². The molecule has 0 saturated heterocycles. The zero-order valence-electron chi connectivity index (χ0n) is 11.6. The monoisotopic (exact) mass is 311 g/mol. The molecule has 0 aliphatic carbocycles. The Morgan fingerprint density at radius 3 is 2.73 bits per heavy atom. The summed E-state index contributed by atoms with van der Waals surface area (Å²) in [6, 6.07) is 11.6. The van der Waals surface area contributed by atoms with E-state index in [1.807, 2.05) is 30.3 Å². The molecule has 0 bridgehead atoms. The van der Waals surface area contributed by atoms with Gasteiger partial charge >= 0.3 is 0 Å². The number of benzene rings is 1. The minimum atomic E-state index is -0.530. The van der Waals surface area contributed by atoms with Gasteiger partial charge in [-0.1, -0.05) is 30.3 Å². The van der Waals surface area contributed by atoms with Crippen LogP contribution in [0, 0.1) is 0 Å². The number of aromatic nitrogens is 3. The van der Waals surface area contributed by atoms with Gasteiger partial charge in [0.05, 0.1) is 0 Å². The number of thiazole rings is 1. The molecule has 3 rings (SSSR count). The Balaban J connectivity index is 1.87. The van der Waals surface area contributed by atoms with Gasteiger partial charge in [0.1, 0.15) is 17.8 Å². The number of rotatable bonds is 5. The fraction of sp³-hybridized carbons (Fsp3) is 0.0667. The Morgan fingerprint density at radius 2 is 2.05 bits per heavy atom. The highest BCUT2D eigenvalue weighted by Crippen LogP contribution is 2.27. The molecule has 0 atom stereocenters. The largest absolute Gasteiger partial charge is 0.364 e. The fourth-order valence-electron chi connectivity index (χ4n) is 1.97. The summed E-state index contributed by atoms with van der Waals surface area (Å²) in [4.78, 5) is 24.6. The maximum atomic E-state index is 11.6. The Bertz CT molecular complexity index is 773. The lowest BCUT2D eigenvalue weighted by molar-refractivity contribution is 0.0995. The number of nitrogens with two attached hydrogens (primary N) is 1. The minimum Gasteiger partial charge on any atom is -0.364 e. The molecule has 3 N–H and O–H groups in total. The predicted molar refractivity (Wildman–Crippen MR) is 85.2 cm³/mol. The Kier molecular flexibility index (Phi) is 4.06. The van der Waals surface area contributed by atoms with Crippen LogP contribution in [0.3, 0.4) is 0 Å². The number of anilines is 2. The third kappa shape index (κ3) is 3.26. The lowest BCUT2D eigenvalue weighted by Crippen LogP contribution is -2.13. The first-order valence-corrected chi connectivity index (χ1v) is 7.40. The van der Waals surface area contributed by atoms with Crippen molar-refractivity contribution in [1.82, 2.24) is 15.0 Å². The summed E-state index contributed by atoms with van der Waals surface area (Å²) in [7, 11) is 0. The molecule has 0 radical (unpaired) electrons. The number of amides is 1. The normalized spacial score (nSPS) is 10.4. The van der Waals surface area contributed by atoms with E-state index in [4.69, 9.17) is 5.73 Å². The van der Waals surface area contributed by atoms with Crippen LogP contribution < -0.4 is 11.1 Å². The maximum absolute atomic E-state index is 11.6. The summed E-state index contributed by atoms with van der Waals surface area (Å²) in [5.74, 6) is 0.0870. The Labute approximate surface area is 131 Å². The van der Waals surface area contributed by atoms with Gasteiger partial charge in [-0.2, -0.15) is 0 Å². The van der Waals surface area contributed by atoms with Gasteiger partial charge in [-0.05, 0) is 11.6 Å². The predicted octanol–water partition coefficient (Wildman–Crippen LogP) is 2.37. The molecule has 0 fully saturated rings. The lowest BCUT2D eigenvalue weighted by atomic mass is 10.1. The topological polar surface area (TPSA) is 93.8 Å². The van der Waals surface area contributed by atoms with Gasteiger partial charge in [0, 0.05) is 17.5 Å². The molecule has 0 spiro atoms. The summed E-state index contributed by atoms with van der Waals surface area (Å²) >= 11 is 1.39. The van der Waals surface area contributed by atoms with E-state index in [0.29, 0.717) is 23.1 Å². The molecule has 0 saturated carbocycles. The molecule has 3 aromatic rings. The Morgan fingerprint density at radius 1 is 1.23 bits per heavy atom. The van der Waals surface area contributed by atoms with E-state index in [1.54, 1.807) is 12.3 Å². The quantitative estimate of drug-likeness (QED) is 0.754. The number of nitrogens with one attached hydrogen (secondary N) is 1. The summed E-state index contributed by atoms with van der Waals surface area (Å²) in [6.45, 7) is 0. The van der Waals surface area contributed by atoms with Gasteiger partial charge in [-0.25, -0.2) is 15.0 Å². The van der Waals surface area contributed by atoms with Crippen LogP contribution in [0.15, 0.2) is 48.9 Å².